The topological polar surface area (TPSA) is 91.5 Å². The van der Waals surface area contributed by atoms with Crippen molar-refractivity contribution in [1.29, 1.82) is 0 Å². The van der Waals surface area contributed by atoms with Crippen molar-refractivity contribution in [3.8, 4) is 5.75 Å². The van der Waals surface area contributed by atoms with E-state index in [9.17, 15) is 23.2 Å². The van der Waals surface area contributed by atoms with Gasteiger partial charge in [-0.1, -0.05) is 37.3 Å². The maximum Gasteiger partial charge on any atom is 0.387 e. The number of aromatic nitrogens is 1. The minimum absolute atomic E-state index is 0.0676. The molecule has 166 valence electrons. The van der Waals surface area contributed by atoms with Crippen molar-refractivity contribution in [3.63, 3.8) is 0 Å². The molecule has 3 aromatic rings. The number of carbonyl (C=O) groups excluding carboxylic acids is 3. The summed E-state index contributed by atoms with van der Waals surface area (Å²) < 4.78 is 29.0. The van der Waals surface area contributed by atoms with Crippen LogP contribution in [0.5, 0.6) is 5.75 Å². The van der Waals surface area contributed by atoms with Gasteiger partial charge in [-0.3, -0.25) is 14.5 Å². The number of fused-ring (bicyclic) bond motifs is 1. The van der Waals surface area contributed by atoms with E-state index in [1.165, 1.54) is 31.2 Å². The predicted molar refractivity (Wildman–Crippen MR) is 113 cm³/mol. The van der Waals surface area contributed by atoms with E-state index in [0.717, 1.165) is 27.8 Å². The van der Waals surface area contributed by atoms with E-state index in [4.69, 9.17) is 0 Å². The van der Waals surface area contributed by atoms with Crippen LogP contribution in [0.15, 0.2) is 48.7 Å². The number of amides is 3. The summed E-state index contributed by atoms with van der Waals surface area (Å²) in [4.78, 5) is 42.6. The Labute approximate surface area is 182 Å². The molecule has 1 saturated heterocycles. The Morgan fingerprint density at radius 2 is 1.88 bits per heavy atom. The molecule has 7 nitrogen and oxygen atoms in total. The Balaban J connectivity index is 1.56. The number of hydrogen-bond donors (Lipinski definition) is 2. The summed E-state index contributed by atoms with van der Waals surface area (Å²) in [6, 6.07) is 10.4. The van der Waals surface area contributed by atoms with Crippen LogP contribution in [0.3, 0.4) is 0 Å². The number of ketones is 1. The molecular formula is C23H21F2N3O4. The van der Waals surface area contributed by atoms with Crippen molar-refractivity contribution in [2.24, 2.45) is 0 Å². The molecule has 0 aliphatic carbocycles. The summed E-state index contributed by atoms with van der Waals surface area (Å²) in [5, 5.41) is 3.34. The van der Waals surface area contributed by atoms with Gasteiger partial charge in [0.05, 0.1) is 6.54 Å². The maximum atomic E-state index is 13.1. The monoisotopic (exact) mass is 441 g/mol. The normalized spacial score (nSPS) is 18.5. The Hall–Kier alpha value is -3.75. The Kier molecular flexibility index (Phi) is 5.41. The van der Waals surface area contributed by atoms with Crippen LogP contribution in [0, 0.1) is 0 Å². The van der Waals surface area contributed by atoms with E-state index < -0.39 is 30.6 Å². The van der Waals surface area contributed by atoms with Gasteiger partial charge < -0.3 is 15.0 Å². The number of urea groups is 1. The largest absolute Gasteiger partial charge is 0.435 e. The summed E-state index contributed by atoms with van der Waals surface area (Å²) >= 11 is 0. The van der Waals surface area contributed by atoms with Gasteiger partial charge in [-0.05, 0) is 36.6 Å². The van der Waals surface area contributed by atoms with Crippen LogP contribution >= 0.6 is 0 Å². The first-order chi connectivity index (χ1) is 15.2. The number of halogens is 2. The van der Waals surface area contributed by atoms with Gasteiger partial charge in [-0.15, -0.1) is 0 Å². The number of nitrogens with zero attached hydrogens (tertiary/aromatic N) is 1. The molecule has 3 amide bonds. The summed E-state index contributed by atoms with van der Waals surface area (Å²) in [5.74, 6) is -1.05. The first-order valence-corrected chi connectivity index (χ1v) is 10.1. The van der Waals surface area contributed by atoms with E-state index in [0.29, 0.717) is 11.1 Å². The molecular weight excluding hydrogens is 420 g/mol. The average molecular weight is 441 g/mol. The standard InChI is InChI=1S/C23H21F2N3O4/c1-3-13-5-4-6-16-17(11-26-19(13)16)18(29)12-28-20(30)23(2,27-22(28)31)14-7-9-15(10-8-14)32-21(24)25/h4-11,21,26H,3,12H2,1-2H3,(H,27,31)/t23-/m1/s1. The third-order valence-electron chi connectivity index (χ3n) is 5.72. The van der Waals surface area contributed by atoms with Gasteiger partial charge in [0.1, 0.15) is 11.3 Å². The summed E-state index contributed by atoms with van der Waals surface area (Å²) in [6.45, 7) is 0.122. The number of nitrogens with one attached hydrogen (secondary N) is 2. The molecule has 2 aromatic carbocycles. The third kappa shape index (κ3) is 3.59. The number of Topliss-reactive ketones (excluding diaryl/α,β-unsaturated/α-hetero) is 1. The molecule has 1 aliphatic heterocycles. The predicted octanol–water partition coefficient (Wildman–Crippen LogP) is 3.98. The Bertz CT molecular complexity index is 1210. The molecule has 2 N–H and O–H groups in total. The zero-order valence-corrected chi connectivity index (χ0v) is 17.4. The van der Waals surface area contributed by atoms with Crippen LogP contribution in [0.2, 0.25) is 0 Å². The first kappa shape index (κ1) is 21.5. The van der Waals surface area contributed by atoms with Gasteiger partial charge in [-0.2, -0.15) is 8.78 Å². The van der Waals surface area contributed by atoms with E-state index in [1.54, 1.807) is 6.20 Å². The Morgan fingerprint density at radius 1 is 1.16 bits per heavy atom. The number of carbonyl (C=O) groups is 3. The van der Waals surface area contributed by atoms with Crippen molar-refractivity contribution >= 4 is 28.6 Å². The highest BCUT2D eigenvalue weighted by molar-refractivity contribution is 6.14. The van der Waals surface area contributed by atoms with Crippen molar-refractivity contribution < 1.29 is 27.9 Å². The molecule has 1 atom stereocenters. The second-order valence-corrected chi connectivity index (χ2v) is 7.67. The van der Waals surface area contributed by atoms with Gasteiger partial charge >= 0.3 is 12.6 Å². The van der Waals surface area contributed by atoms with Crippen LogP contribution < -0.4 is 10.1 Å². The number of H-pyrrole nitrogens is 1. The smallest absolute Gasteiger partial charge is 0.387 e. The summed E-state index contributed by atoms with van der Waals surface area (Å²) in [5.41, 5.74) is 1.26. The molecule has 0 unspecified atom stereocenters. The molecule has 0 spiro atoms. The van der Waals surface area contributed by atoms with E-state index in [1.807, 2.05) is 25.1 Å². The van der Waals surface area contributed by atoms with Gasteiger partial charge in [-0.25, -0.2) is 4.79 Å². The lowest BCUT2D eigenvalue weighted by atomic mass is 9.92. The molecule has 0 bridgehead atoms. The number of aryl methyl sites for hydroxylation is 1. The molecule has 0 radical (unpaired) electrons. The number of aromatic amines is 1. The SMILES string of the molecule is CCc1cccc2c(C(=O)CN3C(=O)N[C@](C)(c4ccc(OC(F)F)cc4)C3=O)c[nH]c12. The quantitative estimate of drug-likeness (QED) is 0.429. The number of benzene rings is 2. The van der Waals surface area contributed by atoms with Crippen molar-refractivity contribution in [1.82, 2.24) is 15.2 Å². The Morgan fingerprint density at radius 3 is 2.53 bits per heavy atom. The van der Waals surface area contributed by atoms with Crippen LogP contribution in [0.1, 0.15) is 35.3 Å². The number of para-hydroxylation sites is 1. The molecule has 4 rings (SSSR count). The fourth-order valence-corrected chi connectivity index (χ4v) is 3.98. The van der Waals surface area contributed by atoms with Gasteiger partial charge in [0.15, 0.2) is 5.78 Å². The van der Waals surface area contributed by atoms with Crippen LogP contribution in [0.25, 0.3) is 10.9 Å². The summed E-state index contributed by atoms with van der Waals surface area (Å²) in [7, 11) is 0. The highest BCUT2D eigenvalue weighted by atomic mass is 19.3. The molecule has 2 heterocycles. The second kappa shape index (κ2) is 8.07. The van der Waals surface area contributed by atoms with Crippen LogP contribution in [-0.2, 0) is 16.8 Å². The second-order valence-electron chi connectivity index (χ2n) is 7.67. The number of hydrogen-bond acceptors (Lipinski definition) is 4. The van der Waals surface area contributed by atoms with Crippen LogP contribution in [0.4, 0.5) is 13.6 Å². The first-order valence-electron chi connectivity index (χ1n) is 10.1. The van der Waals surface area contributed by atoms with Gasteiger partial charge in [0.25, 0.3) is 5.91 Å². The molecule has 32 heavy (non-hydrogen) atoms. The summed E-state index contributed by atoms with van der Waals surface area (Å²) in [6.07, 6.45) is 2.38. The lowest BCUT2D eigenvalue weighted by molar-refractivity contribution is -0.130. The van der Waals surface area contributed by atoms with Crippen molar-refractivity contribution in [2.45, 2.75) is 32.4 Å². The lowest BCUT2D eigenvalue weighted by Crippen LogP contribution is -2.41. The molecule has 1 aliphatic rings. The van der Waals surface area contributed by atoms with E-state index >= 15 is 0 Å². The maximum absolute atomic E-state index is 13.1. The number of alkyl halides is 2. The zero-order valence-electron chi connectivity index (χ0n) is 17.4. The van der Waals surface area contributed by atoms with Crippen LogP contribution in [-0.4, -0.2) is 40.8 Å². The zero-order chi connectivity index (χ0) is 23.0. The fourth-order valence-electron chi connectivity index (χ4n) is 3.98. The van der Waals surface area contributed by atoms with Gasteiger partial charge in [0, 0.05) is 22.7 Å². The number of ether oxygens (including phenoxy) is 1. The highest BCUT2D eigenvalue weighted by Crippen LogP contribution is 2.31. The number of imide groups is 1. The fraction of sp³-hybridized carbons (Fsp3) is 0.261. The minimum Gasteiger partial charge on any atom is -0.435 e. The van der Waals surface area contributed by atoms with E-state index in [-0.39, 0.29) is 11.5 Å². The number of rotatable bonds is 7. The molecule has 0 saturated carbocycles. The highest BCUT2D eigenvalue weighted by Gasteiger charge is 2.49. The van der Waals surface area contributed by atoms with Gasteiger partial charge in [0.2, 0.25) is 0 Å². The molecule has 1 fully saturated rings. The minimum atomic E-state index is -2.97. The molecule has 1 aromatic heterocycles. The molecule has 9 heteroatoms. The van der Waals surface area contributed by atoms with Crippen molar-refractivity contribution in [2.75, 3.05) is 6.54 Å². The van der Waals surface area contributed by atoms with E-state index in [2.05, 4.69) is 15.0 Å². The lowest BCUT2D eigenvalue weighted by Gasteiger charge is -2.22. The third-order valence-corrected chi connectivity index (χ3v) is 5.72. The average Bonchev–Trinajstić information content (AvgIpc) is 3.29. The van der Waals surface area contributed by atoms with Crippen molar-refractivity contribution in [3.05, 3.63) is 65.4 Å².